The van der Waals surface area contributed by atoms with E-state index in [1.54, 1.807) is 19.1 Å². The molecule has 0 saturated carbocycles. The van der Waals surface area contributed by atoms with Crippen molar-refractivity contribution in [1.29, 1.82) is 0 Å². The summed E-state index contributed by atoms with van der Waals surface area (Å²) >= 11 is 0. The van der Waals surface area contributed by atoms with E-state index in [0.717, 1.165) is 10.5 Å². The molecule has 2 rings (SSSR count). The lowest BCUT2D eigenvalue weighted by Gasteiger charge is -2.25. The van der Waals surface area contributed by atoms with Crippen molar-refractivity contribution in [1.82, 2.24) is 4.90 Å². The first-order valence-corrected chi connectivity index (χ1v) is 6.47. The topological polar surface area (TPSA) is 38.8 Å². The van der Waals surface area contributed by atoms with Gasteiger partial charge >= 0.3 is 6.18 Å². The summed E-state index contributed by atoms with van der Waals surface area (Å²) in [6.45, 7) is 1.87. The van der Waals surface area contributed by atoms with Crippen LogP contribution in [0.2, 0.25) is 0 Å². The van der Waals surface area contributed by atoms with Gasteiger partial charge in [-0.15, -0.1) is 0 Å². The van der Waals surface area contributed by atoms with Gasteiger partial charge in [-0.3, -0.25) is 4.79 Å². The van der Waals surface area contributed by atoms with Crippen molar-refractivity contribution < 1.29 is 27.4 Å². The van der Waals surface area contributed by atoms with E-state index in [2.05, 4.69) is 0 Å². The SMILES string of the molecule is CC(Cc1ccc2c(c1)OCO2)N(C)C(=O)CC(F)(F)F. The summed E-state index contributed by atoms with van der Waals surface area (Å²) in [6.07, 6.45) is -5.48. The first kappa shape index (κ1) is 15.5. The van der Waals surface area contributed by atoms with Crippen LogP contribution in [0.25, 0.3) is 0 Å². The van der Waals surface area contributed by atoms with Gasteiger partial charge in [-0.25, -0.2) is 0 Å². The standard InChI is InChI=1S/C14H16F3NO3/c1-9(18(2)13(19)7-14(15,16)17)5-10-3-4-11-12(6-10)21-8-20-11/h3-4,6,9H,5,7-8H2,1-2H3. The van der Waals surface area contributed by atoms with Crippen LogP contribution in [0.15, 0.2) is 18.2 Å². The van der Waals surface area contributed by atoms with Crippen molar-refractivity contribution in [3.63, 3.8) is 0 Å². The van der Waals surface area contributed by atoms with Crippen LogP contribution in [-0.2, 0) is 11.2 Å². The molecule has 7 heteroatoms. The van der Waals surface area contributed by atoms with Crippen LogP contribution in [0, 0.1) is 0 Å². The molecule has 1 aromatic rings. The van der Waals surface area contributed by atoms with Crippen molar-refractivity contribution in [2.45, 2.75) is 32.0 Å². The van der Waals surface area contributed by atoms with Crippen molar-refractivity contribution in [3.8, 4) is 11.5 Å². The zero-order valence-electron chi connectivity index (χ0n) is 11.7. The van der Waals surface area contributed by atoms with E-state index in [0.29, 0.717) is 17.9 Å². The van der Waals surface area contributed by atoms with Crippen molar-refractivity contribution >= 4 is 5.91 Å². The highest BCUT2D eigenvalue weighted by Crippen LogP contribution is 2.33. The predicted octanol–water partition coefficient (Wildman–Crippen LogP) is 2.76. The van der Waals surface area contributed by atoms with Crippen molar-refractivity contribution in [3.05, 3.63) is 23.8 Å². The smallest absolute Gasteiger partial charge is 0.397 e. The van der Waals surface area contributed by atoms with Gasteiger partial charge in [0.05, 0.1) is 0 Å². The number of ether oxygens (including phenoxy) is 2. The molecule has 0 fully saturated rings. The van der Waals surface area contributed by atoms with E-state index in [9.17, 15) is 18.0 Å². The average molecular weight is 303 g/mol. The van der Waals surface area contributed by atoms with Crippen LogP contribution in [0.1, 0.15) is 18.9 Å². The van der Waals surface area contributed by atoms with E-state index in [1.165, 1.54) is 7.05 Å². The summed E-state index contributed by atoms with van der Waals surface area (Å²) in [6, 6.07) is 5.00. The fourth-order valence-corrected chi connectivity index (χ4v) is 2.09. The second kappa shape index (κ2) is 5.83. The van der Waals surface area contributed by atoms with Crippen molar-refractivity contribution in [2.24, 2.45) is 0 Å². The number of alkyl halides is 3. The van der Waals surface area contributed by atoms with Crippen LogP contribution in [0.5, 0.6) is 11.5 Å². The summed E-state index contributed by atoms with van der Waals surface area (Å²) in [4.78, 5) is 12.7. The minimum Gasteiger partial charge on any atom is -0.454 e. The number of nitrogens with zero attached hydrogens (tertiary/aromatic N) is 1. The Balaban J connectivity index is 1.97. The Morgan fingerprint density at radius 2 is 2.00 bits per heavy atom. The molecule has 1 amide bonds. The van der Waals surface area contributed by atoms with Crippen LogP contribution < -0.4 is 9.47 Å². The lowest BCUT2D eigenvalue weighted by atomic mass is 10.1. The molecule has 116 valence electrons. The van der Waals surface area contributed by atoms with Gasteiger partial charge in [-0.2, -0.15) is 13.2 Å². The molecule has 0 bridgehead atoms. The highest BCUT2D eigenvalue weighted by Gasteiger charge is 2.33. The third kappa shape index (κ3) is 4.03. The Morgan fingerprint density at radius 1 is 1.33 bits per heavy atom. The minimum absolute atomic E-state index is 0.165. The molecule has 1 aliphatic heterocycles. The van der Waals surface area contributed by atoms with Crippen molar-refractivity contribution in [2.75, 3.05) is 13.8 Å². The summed E-state index contributed by atoms with van der Waals surface area (Å²) in [7, 11) is 1.38. The van der Waals surface area contributed by atoms with Gasteiger partial charge in [-0.1, -0.05) is 6.07 Å². The summed E-state index contributed by atoms with van der Waals surface area (Å²) in [5, 5.41) is 0. The Kier molecular flexibility index (Phi) is 4.29. The van der Waals surface area contributed by atoms with Gasteiger partial charge in [0.2, 0.25) is 12.7 Å². The highest BCUT2D eigenvalue weighted by molar-refractivity contribution is 5.76. The molecular weight excluding hydrogens is 287 g/mol. The zero-order valence-corrected chi connectivity index (χ0v) is 11.7. The van der Waals surface area contributed by atoms with Gasteiger partial charge in [0.1, 0.15) is 6.42 Å². The molecule has 0 aromatic heterocycles. The molecule has 4 nitrogen and oxygen atoms in total. The monoisotopic (exact) mass is 303 g/mol. The fourth-order valence-electron chi connectivity index (χ4n) is 2.09. The molecular formula is C14H16F3NO3. The molecule has 21 heavy (non-hydrogen) atoms. The summed E-state index contributed by atoms with van der Waals surface area (Å²) in [5.41, 5.74) is 0.874. The molecule has 0 spiro atoms. The largest absolute Gasteiger partial charge is 0.454 e. The normalized spacial score (nSPS) is 14.9. The Bertz CT molecular complexity index is 531. The predicted molar refractivity (Wildman–Crippen MR) is 69.2 cm³/mol. The zero-order chi connectivity index (χ0) is 15.6. The van der Waals surface area contributed by atoms with Gasteiger partial charge in [0.15, 0.2) is 11.5 Å². The number of amides is 1. The Labute approximate surface area is 120 Å². The van der Waals surface area contributed by atoms with Crippen LogP contribution >= 0.6 is 0 Å². The number of likely N-dealkylation sites (N-methyl/N-ethyl adjacent to an activating group) is 1. The third-order valence-electron chi connectivity index (χ3n) is 3.37. The summed E-state index contributed by atoms with van der Waals surface area (Å²) in [5.74, 6) is 0.326. The molecule has 1 heterocycles. The summed E-state index contributed by atoms with van der Waals surface area (Å²) < 4.78 is 47.1. The molecule has 1 aromatic carbocycles. The lowest BCUT2D eigenvalue weighted by molar-refractivity contribution is -0.161. The minimum atomic E-state index is -4.48. The van der Waals surface area contributed by atoms with E-state index in [-0.39, 0.29) is 12.8 Å². The maximum absolute atomic E-state index is 12.2. The number of hydrogen-bond acceptors (Lipinski definition) is 3. The lowest BCUT2D eigenvalue weighted by Crippen LogP contribution is -2.38. The highest BCUT2D eigenvalue weighted by atomic mass is 19.4. The molecule has 0 N–H and O–H groups in total. The number of benzene rings is 1. The van der Waals surface area contributed by atoms with Crippen LogP contribution in [0.4, 0.5) is 13.2 Å². The van der Waals surface area contributed by atoms with Gasteiger partial charge in [0, 0.05) is 13.1 Å². The first-order valence-electron chi connectivity index (χ1n) is 6.47. The molecule has 0 radical (unpaired) electrons. The van der Waals surface area contributed by atoms with Gasteiger partial charge in [-0.05, 0) is 31.0 Å². The number of halogens is 3. The van der Waals surface area contributed by atoms with Crippen LogP contribution in [0.3, 0.4) is 0 Å². The average Bonchev–Trinajstić information content (AvgIpc) is 2.83. The van der Waals surface area contributed by atoms with E-state index in [4.69, 9.17) is 9.47 Å². The quantitative estimate of drug-likeness (QED) is 0.858. The Hall–Kier alpha value is -1.92. The fraction of sp³-hybridized carbons (Fsp3) is 0.500. The van der Waals surface area contributed by atoms with E-state index >= 15 is 0 Å². The van der Waals surface area contributed by atoms with E-state index in [1.807, 2.05) is 6.07 Å². The number of fused-ring (bicyclic) bond motifs is 1. The molecule has 0 aliphatic carbocycles. The van der Waals surface area contributed by atoms with E-state index < -0.39 is 18.5 Å². The van der Waals surface area contributed by atoms with Gasteiger partial charge in [0.25, 0.3) is 0 Å². The van der Waals surface area contributed by atoms with Crippen LogP contribution in [-0.4, -0.2) is 36.9 Å². The number of rotatable bonds is 4. The molecule has 1 aliphatic rings. The second-order valence-corrected chi connectivity index (χ2v) is 5.04. The first-order chi connectivity index (χ1) is 9.76. The maximum Gasteiger partial charge on any atom is 0.397 e. The Morgan fingerprint density at radius 3 is 2.67 bits per heavy atom. The number of carbonyl (C=O) groups excluding carboxylic acids is 1. The number of hydrogen-bond donors (Lipinski definition) is 0. The molecule has 1 atom stereocenters. The van der Waals surface area contributed by atoms with Gasteiger partial charge < -0.3 is 14.4 Å². The maximum atomic E-state index is 12.2. The molecule has 0 saturated heterocycles. The third-order valence-corrected chi connectivity index (χ3v) is 3.37. The number of carbonyl (C=O) groups is 1. The second-order valence-electron chi connectivity index (χ2n) is 5.04. The molecule has 1 unspecified atom stereocenters.